The van der Waals surface area contributed by atoms with Gasteiger partial charge in [0.25, 0.3) is 0 Å². The first-order chi connectivity index (χ1) is 8.63. The Labute approximate surface area is 115 Å². The smallest absolute Gasteiger partial charge is 0.303 e. The summed E-state index contributed by atoms with van der Waals surface area (Å²) in [5.74, 6) is 0.0163. The monoisotopic (exact) mass is 316 g/mol. The molecule has 0 saturated carbocycles. The normalized spacial score (nSPS) is 10.3. The SMILES string of the molecule is COCCOc1ccc(CCCC(=O)O)cc1Br. The Morgan fingerprint density at radius 2 is 2.17 bits per heavy atom. The fourth-order valence-corrected chi connectivity index (χ4v) is 2.04. The molecule has 18 heavy (non-hydrogen) atoms. The van der Waals surface area contributed by atoms with Crippen LogP contribution in [0, 0.1) is 0 Å². The summed E-state index contributed by atoms with van der Waals surface area (Å²) < 4.78 is 11.3. The molecule has 0 aliphatic heterocycles. The molecule has 0 radical (unpaired) electrons. The van der Waals surface area contributed by atoms with Crippen LogP contribution in [0.15, 0.2) is 22.7 Å². The molecule has 0 fully saturated rings. The van der Waals surface area contributed by atoms with E-state index in [-0.39, 0.29) is 6.42 Å². The zero-order chi connectivity index (χ0) is 13.4. The lowest BCUT2D eigenvalue weighted by Crippen LogP contribution is -2.04. The second-order valence-corrected chi connectivity index (χ2v) is 4.71. The molecular weight excluding hydrogens is 300 g/mol. The maximum Gasteiger partial charge on any atom is 0.303 e. The molecule has 0 amide bonds. The lowest BCUT2D eigenvalue weighted by Gasteiger charge is -2.09. The van der Waals surface area contributed by atoms with E-state index in [2.05, 4.69) is 15.9 Å². The number of benzene rings is 1. The molecule has 1 rings (SSSR count). The average molecular weight is 317 g/mol. The van der Waals surface area contributed by atoms with E-state index in [0.717, 1.165) is 22.2 Å². The van der Waals surface area contributed by atoms with Gasteiger partial charge in [0.15, 0.2) is 0 Å². The topological polar surface area (TPSA) is 55.8 Å². The highest BCUT2D eigenvalue weighted by Gasteiger charge is 2.04. The number of hydrogen-bond acceptors (Lipinski definition) is 3. The molecule has 0 spiro atoms. The summed E-state index contributed by atoms with van der Waals surface area (Å²) in [6.07, 6.45) is 1.60. The highest BCUT2D eigenvalue weighted by Crippen LogP contribution is 2.26. The van der Waals surface area contributed by atoms with Gasteiger partial charge in [-0.1, -0.05) is 6.07 Å². The van der Waals surface area contributed by atoms with E-state index in [0.29, 0.717) is 19.6 Å². The lowest BCUT2D eigenvalue weighted by molar-refractivity contribution is -0.137. The van der Waals surface area contributed by atoms with E-state index in [1.54, 1.807) is 7.11 Å². The van der Waals surface area contributed by atoms with Gasteiger partial charge in [0.05, 0.1) is 11.1 Å². The van der Waals surface area contributed by atoms with Gasteiger partial charge in [-0.25, -0.2) is 0 Å². The predicted octanol–water partition coefficient (Wildman–Crippen LogP) is 2.88. The van der Waals surface area contributed by atoms with Gasteiger partial charge < -0.3 is 14.6 Å². The van der Waals surface area contributed by atoms with Crippen molar-refractivity contribution in [3.8, 4) is 5.75 Å². The van der Waals surface area contributed by atoms with E-state index < -0.39 is 5.97 Å². The molecular formula is C13H17BrO4. The average Bonchev–Trinajstić information content (AvgIpc) is 2.31. The summed E-state index contributed by atoms with van der Waals surface area (Å²) in [6.45, 7) is 1.06. The van der Waals surface area contributed by atoms with Gasteiger partial charge in [0.1, 0.15) is 12.4 Å². The first-order valence-corrected chi connectivity index (χ1v) is 6.54. The van der Waals surface area contributed by atoms with Crippen LogP contribution in [0.3, 0.4) is 0 Å². The van der Waals surface area contributed by atoms with Crippen molar-refractivity contribution >= 4 is 21.9 Å². The Balaban J connectivity index is 2.48. The molecule has 100 valence electrons. The molecule has 0 unspecified atom stereocenters. The number of carboxylic acid groups (broad SMARTS) is 1. The summed E-state index contributed by atoms with van der Waals surface area (Å²) in [4.78, 5) is 10.4. The highest BCUT2D eigenvalue weighted by molar-refractivity contribution is 9.10. The Morgan fingerprint density at radius 1 is 1.39 bits per heavy atom. The summed E-state index contributed by atoms with van der Waals surface area (Å²) in [5, 5.41) is 8.57. The number of hydrogen-bond donors (Lipinski definition) is 1. The van der Waals surface area contributed by atoms with Gasteiger partial charge >= 0.3 is 5.97 Å². The number of rotatable bonds is 8. The fraction of sp³-hybridized carbons (Fsp3) is 0.462. The molecule has 0 aromatic heterocycles. The van der Waals surface area contributed by atoms with Crippen molar-refractivity contribution in [3.63, 3.8) is 0 Å². The molecule has 0 heterocycles. The zero-order valence-electron chi connectivity index (χ0n) is 10.3. The second kappa shape index (κ2) is 8.11. The van der Waals surface area contributed by atoms with E-state index in [1.165, 1.54) is 0 Å². The van der Waals surface area contributed by atoms with E-state index in [4.69, 9.17) is 14.6 Å². The highest BCUT2D eigenvalue weighted by atomic mass is 79.9. The molecule has 0 bridgehead atoms. The zero-order valence-corrected chi connectivity index (χ0v) is 11.9. The largest absolute Gasteiger partial charge is 0.490 e. The minimum atomic E-state index is -0.756. The Morgan fingerprint density at radius 3 is 2.78 bits per heavy atom. The predicted molar refractivity (Wildman–Crippen MR) is 72.1 cm³/mol. The van der Waals surface area contributed by atoms with E-state index in [1.807, 2.05) is 18.2 Å². The van der Waals surface area contributed by atoms with E-state index in [9.17, 15) is 4.79 Å². The number of aryl methyl sites for hydroxylation is 1. The van der Waals surface area contributed by atoms with Crippen molar-refractivity contribution in [1.82, 2.24) is 0 Å². The number of ether oxygens (including phenoxy) is 2. The molecule has 1 aromatic carbocycles. The maximum absolute atomic E-state index is 10.4. The van der Waals surface area contributed by atoms with E-state index >= 15 is 0 Å². The van der Waals surface area contributed by atoms with Crippen LogP contribution in [0.4, 0.5) is 0 Å². The number of methoxy groups -OCH3 is 1. The van der Waals surface area contributed by atoms with Crippen molar-refractivity contribution in [2.24, 2.45) is 0 Å². The van der Waals surface area contributed by atoms with Gasteiger partial charge in [-0.2, -0.15) is 0 Å². The molecule has 0 aliphatic rings. The van der Waals surface area contributed by atoms with Gasteiger partial charge in [0, 0.05) is 13.5 Å². The molecule has 0 aliphatic carbocycles. The van der Waals surface area contributed by atoms with Crippen LogP contribution in [-0.2, 0) is 16.0 Å². The molecule has 0 atom stereocenters. The third kappa shape index (κ3) is 5.51. The Kier molecular flexibility index (Phi) is 6.75. The van der Waals surface area contributed by atoms with Crippen LogP contribution in [0.5, 0.6) is 5.75 Å². The third-order valence-corrected chi connectivity index (χ3v) is 3.02. The molecule has 4 nitrogen and oxygen atoms in total. The number of carboxylic acids is 1. The van der Waals surface area contributed by atoms with Crippen molar-refractivity contribution < 1.29 is 19.4 Å². The second-order valence-electron chi connectivity index (χ2n) is 3.85. The van der Waals surface area contributed by atoms with Gasteiger partial charge in [-0.05, 0) is 46.5 Å². The minimum Gasteiger partial charge on any atom is -0.490 e. The van der Waals surface area contributed by atoms with Gasteiger partial charge in [-0.3, -0.25) is 4.79 Å². The lowest BCUT2D eigenvalue weighted by atomic mass is 10.1. The maximum atomic E-state index is 10.4. The standard InChI is InChI=1S/C13H17BrO4/c1-17-7-8-18-12-6-5-10(9-11(12)14)3-2-4-13(15)16/h5-6,9H,2-4,7-8H2,1H3,(H,15,16). The first-order valence-electron chi connectivity index (χ1n) is 5.75. The van der Waals surface area contributed by atoms with Crippen molar-refractivity contribution in [1.29, 1.82) is 0 Å². The molecule has 5 heteroatoms. The molecule has 0 saturated heterocycles. The van der Waals surface area contributed by atoms with Crippen LogP contribution < -0.4 is 4.74 Å². The summed E-state index contributed by atoms with van der Waals surface area (Å²) in [6, 6.07) is 5.80. The minimum absolute atomic E-state index is 0.198. The van der Waals surface area contributed by atoms with Crippen LogP contribution in [0.25, 0.3) is 0 Å². The summed E-state index contributed by atoms with van der Waals surface area (Å²) >= 11 is 3.44. The van der Waals surface area contributed by atoms with Crippen molar-refractivity contribution in [2.75, 3.05) is 20.3 Å². The van der Waals surface area contributed by atoms with Gasteiger partial charge in [0.2, 0.25) is 0 Å². The Bertz CT molecular complexity index is 393. The molecule has 1 aromatic rings. The fourth-order valence-electron chi connectivity index (χ4n) is 1.50. The van der Waals surface area contributed by atoms with Gasteiger partial charge in [-0.15, -0.1) is 0 Å². The third-order valence-electron chi connectivity index (χ3n) is 2.40. The number of aliphatic carboxylic acids is 1. The molecule has 1 N–H and O–H groups in total. The summed E-state index contributed by atoms with van der Waals surface area (Å²) in [5.41, 5.74) is 1.10. The van der Waals surface area contributed by atoms with Crippen LogP contribution in [-0.4, -0.2) is 31.4 Å². The van der Waals surface area contributed by atoms with Crippen LogP contribution in [0.2, 0.25) is 0 Å². The van der Waals surface area contributed by atoms with Crippen molar-refractivity contribution in [2.45, 2.75) is 19.3 Å². The summed E-state index contributed by atoms with van der Waals surface area (Å²) in [7, 11) is 1.63. The number of carbonyl (C=O) groups is 1. The van der Waals surface area contributed by atoms with Crippen molar-refractivity contribution in [3.05, 3.63) is 28.2 Å². The van der Waals surface area contributed by atoms with Crippen LogP contribution in [0.1, 0.15) is 18.4 Å². The Hall–Kier alpha value is -1.07. The van der Waals surface area contributed by atoms with Crippen LogP contribution >= 0.6 is 15.9 Å². The first kappa shape index (κ1) is 15.0. The quantitative estimate of drug-likeness (QED) is 0.749. The number of halogens is 1.